The van der Waals surface area contributed by atoms with E-state index in [4.69, 9.17) is 11.6 Å². The SMILES string of the molecule is Cc1ccc(-c2nnc(SCC(=O)NN=Cc3ccc([N+](=O)[O-])cc3)n2-c2ccc(Cl)cc2)cc1. The second-order valence-electron chi connectivity index (χ2n) is 7.41. The van der Waals surface area contributed by atoms with Crippen LogP contribution in [0, 0.1) is 17.0 Å². The molecule has 1 heterocycles. The Hall–Kier alpha value is -4.02. The van der Waals surface area contributed by atoms with Crippen molar-refractivity contribution in [3.8, 4) is 17.1 Å². The van der Waals surface area contributed by atoms with E-state index in [1.54, 1.807) is 24.3 Å². The molecule has 1 N–H and O–H groups in total. The zero-order valence-electron chi connectivity index (χ0n) is 18.5. The van der Waals surface area contributed by atoms with Crippen LogP contribution in [0.25, 0.3) is 17.1 Å². The summed E-state index contributed by atoms with van der Waals surface area (Å²) in [5.74, 6) is 0.360. The quantitative estimate of drug-likeness (QED) is 0.155. The number of non-ortho nitro benzene ring substituents is 1. The van der Waals surface area contributed by atoms with Crippen molar-refractivity contribution >= 4 is 41.2 Å². The zero-order valence-corrected chi connectivity index (χ0v) is 20.0. The van der Waals surface area contributed by atoms with E-state index in [9.17, 15) is 14.9 Å². The Labute approximate surface area is 210 Å². The number of nitrogens with zero attached hydrogens (tertiary/aromatic N) is 5. The predicted molar refractivity (Wildman–Crippen MR) is 136 cm³/mol. The minimum absolute atomic E-state index is 0.0163. The number of thioether (sulfide) groups is 1. The van der Waals surface area contributed by atoms with Gasteiger partial charge in [0, 0.05) is 28.4 Å². The molecule has 0 aliphatic heterocycles. The summed E-state index contributed by atoms with van der Waals surface area (Å²) < 4.78 is 1.87. The van der Waals surface area contributed by atoms with Gasteiger partial charge in [-0.05, 0) is 48.9 Å². The lowest BCUT2D eigenvalue weighted by atomic mass is 10.1. The van der Waals surface area contributed by atoms with Gasteiger partial charge in [-0.3, -0.25) is 19.5 Å². The van der Waals surface area contributed by atoms with Gasteiger partial charge < -0.3 is 0 Å². The van der Waals surface area contributed by atoms with Crippen LogP contribution in [0.2, 0.25) is 5.02 Å². The Morgan fingerprint density at radius 2 is 1.77 bits per heavy atom. The number of nitro benzene ring substituents is 1. The third kappa shape index (κ3) is 6.11. The fourth-order valence-electron chi connectivity index (χ4n) is 3.10. The number of nitro groups is 1. The van der Waals surface area contributed by atoms with Crippen molar-refractivity contribution in [1.29, 1.82) is 0 Å². The Balaban J connectivity index is 1.47. The van der Waals surface area contributed by atoms with Crippen LogP contribution in [0.1, 0.15) is 11.1 Å². The highest BCUT2D eigenvalue weighted by molar-refractivity contribution is 7.99. The van der Waals surface area contributed by atoms with Gasteiger partial charge in [0.05, 0.1) is 16.9 Å². The number of carbonyl (C=O) groups excluding carboxylic acids is 1. The Morgan fingerprint density at radius 1 is 1.09 bits per heavy atom. The van der Waals surface area contributed by atoms with Crippen LogP contribution in [0.4, 0.5) is 5.69 Å². The van der Waals surface area contributed by atoms with Gasteiger partial charge in [0.15, 0.2) is 11.0 Å². The molecule has 0 saturated heterocycles. The number of hydrogen-bond acceptors (Lipinski definition) is 7. The molecule has 9 nitrogen and oxygen atoms in total. The summed E-state index contributed by atoms with van der Waals surface area (Å²) in [4.78, 5) is 22.6. The maximum Gasteiger partial charge on any atom is 0.269 e. The van der Waals surface area contributed by atoms with Gasteiger partial charge in [-0.25, -0.2) is 5.43 Å². The maximum atomic E-state index is 12.3. The fraction of sp³-hybridized carbons (Fsp3) is 0.0833. The minimum atomic E-state index is -0.479. The number of hydrazone groups is 1. The monoisotopic (exact) mass is 506 g/mol. The van der Waals surface area contributed by atoms with Crippen molar-refractivity contribution in [2.24, 2.45) is 5.10 Å². The lowest BCUT2D eigenvalue weighted by Crippen LogP contribution is -2.20. The Kier molecular flexibility index (Phi) is 7.54. The molecule has 0 spiro atoms. The van der Waals surface area contributed by atoms with Crippen LogP contribution in [-0.2, 0) is 4.79 Å². The smallest absolute Gasteiger partial charge is 0.269 e. The highest BCUT2D eigenvalue weighted by Crippen LogP contribution is 2.28. The number of benzene rings is 3. The highest BCUT2D eigenvalue weighted by Gasteiger charge is 2.17. The van der Waals surface area contributed by atoms with Crippen LogP contribution in [0.5, 0.6) is 0 Å². The lowest BCUT2D eigenvalue weighted by molar-refractivity contribution is -0.384. The largest absolute Gasteiger partial charge is 0.272 e. The molecule has 4 rings (SSSR count). The zero-order chi connectivity index (χ0) is 24.8. The lowest BCUT2D eigenvalue weighted by Gasteiger charge is -2.10. The van der Waals surface area contributed by atoms with Crippen LogP contribution in [0.15, 0.2) is 83.1 Å². The van der Waals surface area contributed by atoms with Gasteiger partial charge in [0.1, 0.15) is 0 Å². The van der Waals surface area contributed by atoms with Crippen molar-refractivity contribution in [3.63, 3.8) is 0 Å². The average molecular weight is 507 g/mol. The number of amides is 1. The first-order chi connectivity index (χ1) is 16.9. The van der Waals surface area contributed by atoms with Crippen molar-refractivity contribution in [2.75, 3.05) is 5.75 Å². The fourth-order valence-corrected chi connectivity index (χ4v) is 3.97. The van der Waals surface area contributed by atoms with E-state index in [1.165, 1.54) is 30.1 Å². The summed E-state index contributed by atoms with van der Waals surface area (Å²) in [6.07, 6.45) is 1.41. The molecule has 176 valence electrons. The van der Waals surface area contributed by atoms with Crippen LogP contribution in [0.3, 0.4) is 0 Å². The Bertz CT molecular complexity index is 1370. The van der Waals surface area contributed by atoms with E-state index in [2.05, 4.69) is 20.7 Å². The van der Waals surface area contributed by atoms with E-state index in [-0.39, 0.29) is 17.3 Å². The van der Waals surface area contributed by atoms with Gasteiger partial charge in [-0.1, -0.05) is 53.2 Å². The molecule has 0 radical (unpaired) electrons. The van der Waals surface area contributed by atoms with Crippen LogP contribution >= 0.6 is 23.4 Å². The van der Waals surface area contributed by atoms with Gasteiger partial charge in [-0.15, -0.1) is 10.2 Å². The Morgan fingerprint density at radius 3 is 2.43 bits per heavy atom. The van der Waals surface area contributed by atoms with Gasteiger partial charge in [0.2, 0.25) is 0 Å². The van der Waals surface area contributed by atoms with Gasteiger partial charge in [-0.2, -0.15) is 5.10 Å². The summed E-state index contributed by atoms with van der Waals surface area (Å²) in [7, 11) is 0. The van der Waals surface area contributed by atoms with E-state index < -0.39 is 4.92 Å². The topological polar surface area (TPSA) is 115 Å². The summed E-state index contributed by atoms with van der Waals surface area (Å²) in [5.41, 5.74) is 5.89. The molecule has 4 aromatic rings. The summed E-state index contributed by atoms with van der Waals surface area (Å²) in [5, 5.41) is 24.5. The van der Waals surface area contributed by atoms with E-state index >= 15 is 0 Å². The van der Waals surface area contributed by atoms with Crippen molar-refractivity contribution < 1.29 is 9.72 Å². The van der Waals surface area contributed by atoms with Crippen molar-refractivity contribution in [3.05, 3.63) is 99.1 Å². The van der Waals surface area contributed by atoms with E-state index in [0.717, 1.165) is 16.8 Å². The molecule has 1 aromatic heterocycles. The normalized spacial score (nSPS) is 11.0. The summed E-state index contributed by atoms with van der Waals surface area (Å²) in [6, 6.07) is 21.1. The number of aromatic nitrogens is 3. The molecule has 0 saturated carbocycles. The molecule has 0 aliphatic rings. The molecule has 0 atom stereocenters. The third-order valence-electron chi connectivity index (χ3n) is 4.87. The highest BCUT2D eigenvalue weighted by atomic mass is 35.5. The summed E-state index contributed by atoms with van der Waals surface area (Å²) in [6.45, 7) is 2.01. The first kappa shape index (κ1) is 24.1. The van der Waals surface area contributed by atoms with Gasteiger partial charge in [0.25, 0.3) is 11.6 Å². The molecule has 1 amide bonds. The van der Waals surface area contributed by atoms with E-state index in [0.29, 0.717) is 21.6 Å². The van der Waals surface area contributed by atoms with Crippen LogP contribution in [-0.4, -0.2) is 37.6 Å². The predicted octanol–water partition coefficient (Wildman–Crippen LogP) is 5.05. The second-order valence-corrected chi connectivity index (χ2v) is 8.79. The van der Waals surface area contributed by atoms with Gasteiger partial charge >= 0.3 is 0 Å². The first-order valence-electron chi connectivity index (χ1n) is 10.4. The standard InChI is InChI=1S/C24H19ClN6O3S/c1-16-2-6-18(7-3-16)23-28-29-24(30(23)20-12-8-19(25)9-13-20)35-15-22(32)27-26-14-17-4-10-21(11-5-17)31(33)34/h2-14H,15H2,1H3,(H,27,32). The molecule has 35 heavy (non-hydrogen) atoms. The molecule has 0 bridgehead atoms. The first-order valence-corrected chi connectivity index (χ1v) is 11.7. The average Bonchev–Trinajstić information content (AvgIpc) is 3.28. The number of nitrogens with one attached hydrogen (secondary N) is 1. The molecule has 0 fully saturated rings. The third-order valence-corrected chi connectivity index (χ3v) is 6.05. The second kappa shape index (κ2) is 10.9. The number of aryl methyl sites for hydroxylation is 1. The van der Waals surface area contributed by atoms with Crippen LogP contribution < -0.4 is 5.43 Å². The number of hydrogen-bond donors (Lipinski definition) is 1. The number of carbonyl (C=O) groups is 1. The molecule has 0 aliphatic carbocycles. The molecule has 0 unspecified atom stereocenters. The maximum absolute atomic E-state index is 12.3. The van der Waals surface area contributed by atoms with Crippen molar-refractivity contribution in [1.82, 2.24) is 20.2 Å². The number of rotatable bonds is 8. The molecular formula is C24H19ClN6O3S. The molecule has 11 heteroatoms. The minimum Gasteiger partial charge on any atom is -0.272 e. The number of halogens is 1. The summed E-state index contributed by atoms with van der Waals surface area (Å²) >= 11 is 7.28. The van der Waals surface area contributed by atoms with Crippen molar-refractivity contribution in [2.45, 2.75) is 12.1 Å². The molecule has 3 aromatic carbocycles. The van der Waals surface area contributed by atoms with E-state index in [1.807, 2.05) is 47.9 Å². The molecular weight excluding hydrogens is 488 g/mol.